The van der Waals surface area contributed by atoms with Crippen molar-refractivity contribution in [3.05, 3.63) is 58.0 Å². The largest absolute Gasteiger partial charge is 0.381 e. The third kappa shape index (κ3) is 4.63. The molecular formula is C16H21N5O3. The Morgan fingerprint density at radius 1 is 1.33 bits per heavy atom. The average molecular weight is 331 g/mol. The molecule has 2 N–H and O–H groups in total. The summed E-state index contributed by atoms with van der Waals surface area (Å²) < 4.78 is 1.49. The zero-order chi connectivity index (χ0) is 17.5. The summed E-state index contributed by atoms with van der Waals surface area (Å²) in [7, 11) is 0. The molecule has 0 saturated heterocycles. The van der Waals surface area contributed by atoms with Gasteiger partial charge in [0.25, 0.3) is 0 Å². The van der Waals surface area contributed by atoms with Crippen LogP contribution in [0.3, 0.4) is 0 Å². The van der Waals surface area contributed by atoms with Crippen LogP contribution in [0.15, 0.2) is 36.5 Å². The summed E-state index contributed by atoms with van der Waals surface area (Å²) >= 11 is 0. The fraction of sp³-hybridized carbons (Fsp3) is 0.375. The van der Waals surface area contributed by atoms with Crippen LogP contribution in [0.4, 0.5) is 5.82 Å². The highest BCUT2D eigenvalue weighted by atomic mass is 16.6. The molecule has 0 aliphatic heterocycles. The number of carbonyl (C=O) groups excluding carboxylic acids is 1. The van der Waals surface area contributed by atoms with E-state index in [-0.39, 0.29) is 18.3 Å². The van der Waals surface area contributed by atoms with Gasteiger partial charge in [0, 0.05) is 26.6 Å². The maximum absolute atomic E-state index is 12.5. The van der Waals surface area contributed by atoms with Crippen molar-refractivity contribution in [2.45, 2.75) is 19.9 Å². The van der Waals surface area contributed by atoms with Gasteiger partial charge in [-0.3, -0.25) is 9.36 Å². The van der Waals surface area contributed by atoms with Gasteiger partial charge < -0.3 is 20.7 Å². The Morgan fingerprint density at radius 3 is 2.62 bits per heavy atom. The molecule has 1 amide bonds. The van der Waals surface area contributed by atoms with Gasteiger partial charge in [0.1, 0.15) is 12.7 Å². The van der Waals surface area contributed by atoms with E-state index in [9.17, 15) is 14.9 Å². The second-order valence-electron chi connectivity index (χ2n) is 5.44. The van der Waals surface area contributed by atoms with Crippen molar-refractivity contribution in [2.24, 2.45) is 5.73 Å². The molecule has 8 heteroatoms. The minimum atomic E-state index is -0.568. The number of nitro groups is 1. The number of hydrogen-bond donors (Lipinski definition) is 1. The second-order valence-corrected chi connectivity index (χ2v) is 5.44. The summed E-state index contributed by atoms with van der Waals surface area (Å²) in [5.41, 5.74) is 6.74. The van der Waals surface area contributed by atoms with E-state index in [2.05, 4.69) is 4.98 Å². The van der Waals surface area contributed by atoms with Crippen LogP contribution >= 0.6 is 0 Å². The van der Waals surface area contributed by atoms with Crippen molar-refractivity contribution in [1.82, 2.24) is 14.5 Å². The van der Waals surface area contributed by atoms with Crippen LogP contribution in [0.2, 0.25) is 0 Å². The molecule has 0 atom stereocenters. The van der Waals surface area contributed by atoms with Crippen molar-refractivity contribution in [3.8, 4) is 0 Å². The molecule has 0 bridgehead atoms. The van der Waals surface area contributed by atoms with Crippen LogP contribution < -0.4 is 5.73 Å². The number of hydrogen-bond acceptors (Lipinski definition) is 5. The van der Waals surface area contributed by atoms with Crippen LogP contribution in [0.1, 0.15) is 11.4 Å². The molecule has 0 saturated carbocycles. The predicted octanol–water partition coefficient (Wildman–Crippen LogP) is 1.13. The lowest BCUT2D eigenvalue weighted by molar-refractivity contribution is -0.389. The Bertz CT molecular complexity index is 699. The van der Waals surface area contributed by atoms with Crippen LogP contribution in [-0.2, 0) is 17.8 Å². The fourth-order valence-corrected chi connectivity index (χ4v) is 2.41. The number of imidazole rings is 1. The highest BCUT2D eigenvalue weighted by Gasteiger charge is 2.19. The zero-order valence-electron chi connectivity index (χ0n) is 13.6. The highest BCUT2D eigenvalue weighted by Crippen LogP contribution is 2.11. The Hall–Kier alpha value is -2.74. The molecule has 0 spiro atoms. The Morgan fingerprint density at radius 2 is 2.04 bits per heavy atom. The predicted molar refractivity (Wildman–Crippen MR) is 89.4 cm³/mol. The summed E-state index contributed by atoms with van der Waals surface area (Å²) in [5.74, 6) is 0.0487. The van der Waals surface area contributed by atoms with Gasteiger partial charge >= 0.3 is 5.82 Å². The van der Waals surface area contributed by atoms with Gasteiger partial charge in [0.15, 0.2) is 0 Å². The Balaban J connectivity index is 2.01. The first-order valence-electron chi connectivity index (χ1n) is 7.71. The van der Waals surface area contributed by atoms with E-state index in [4.69, 9.17) is 5.73 Å². The fourth-order valence-electron chi connectivity index (χ4n) is 2.41. The monoisotopic (exact) mass is 331 g/mol. The Labute approximate surface area is 140 Å². The molecule has 128 valence electrons. The van der Waals surface area contributed by atoms with Gasteiger partial charge in [0.2, 0.25) is 11.7 Å². The van der Waals surface area contributed by atoms with Crippen molar-refractivity contribution in [1.29, 1.82) is 0 Å². The summed E-state index contributed by atoms with van der Waals surface area (Å²) in [6.45, 7) is 3.01. The number of benzene rings is 1. The maximum Gasteiger partial charge on any atom is 0.381 e. The molecule has 1 heterocycles. The van der Waals surface area contributed by atoms with E-state index < -0.39 is 4.92 Å². The van der Waals surface area contributed by atoms with Crippen LogP contribution in [0, 0.1) is 17.0 Å². The lowest BCUT2D eigenvalue weighted by Crippen LogP contribution is -2.39. The van der Waals surface area contributed by atoms with Gasteiger partial charge in [-0.15, -0.1) is 0 Å². The summed E-state index contributed by atoms with van der Waals surface area (Å²) in [6.07, 6.45) is 2.01. The normalized spacial score (nSPS) is 10.6. The molecule has 24 heavy (non-hydrogen) atoms. The van der Waals surface area contributed by atoms with Crippen LogP contribution in [0.5, 0.6) is 0 Å². The molecule has 0 aliphatic rings. The number of rotatable bonds is 8. The van der Waals surface area contributed by atoms with Crippen molar-refractivity contribution >= 4 is 11.7 Å². The highest BCUT2D eigenvalue weighted by molar-refractivity contribution is 5.76. The first kappa shape index (κ1) is 17.6. The number of aromatic nitrogens is 2. The second kappa shape index (κ2) is 8.21. The molecule has 2 aromatic rings. The quantitative estimate of drug-likeness (QED) is 0.576. The lowest BCUT2D eigenvalue weighted by Gasteiger charge is -2.22. The van der Waals surface area contributed by atoms with Gasteiger partial charge in [-0.05, 0) is 21.9 Å². The first-order chi connectivity index (χ1) is 11.5. The molecule has 1 aromatic heterocycles. The minimum Gasteiger partial charge on any atom is -0.358 e. The molecule has 1 aromatic carbocycles. The van der Waals surface area contributed by atoms with Crippen LogP contribution in [0.25, 0.3) is 0 Å². The number of nitrogens with two attached hydrogens (primary N) is 1. The number of nitrogens with zero attached hydrogens (tertiary/aromatic N) is 4. The van der Waals surface area contributed by atoms with E-state index >= 15 is 0 Å². The third-order valence-corrected chi connectivity index (χ3v) is 3.72. The SMILES string of the molecule is Cc1nc([N+](=O)[O-])cn1CC(=O)N(CCN)CCc1ccccc1. The van der Waals surface area contributed by atoms with E-state index in [1.807, 2.05) is 30.3 Å². The smallest absolute Gasteiger partial charge is 0.358 e. The van der Waals surface area contributed by atoms with Crippen molar-refractivity contribution in [2.75, 3.05) is 19.6 Å². The number of amides is 1. The van der Waals surface area contributed by atoms with Crippen molar-refractivity contribution < 1.29 is 9.72 Å². The third-order valence-electron chi connectivity index (χ3n) is 3.72. The first-order valence-corrected chi connectivity index (χ1v) is 7.71. The summed E-state index contributed by atoms with van der Waals surface area (Å²) in [5, 5.41) is 10.8. The van der Waals surface area contributed by atoms with Gasteiger partial charge in [0.05, 0.1) is 0 Å². The molecule has 0 radical (unpaired) electrons. The van der Waals surface area contributed by atoms with E-state index in [1.165, 1.54) is 10.8 Å². The maximum atomic E-state index is 12.5. The van der Waals surface area contributed by atoms with E-state index in [0.717, 1.165) is 12.0 Å². The topological polar surface area (TPSA) is 107 Å². The molecular weight excluding hydrogens is 310 g/mol. The van der Waals surface area contributed by atoms with Crippen molar-refractivity contribution in [3.63, 3.8) is 0 Å². The van der Waals surface area contributed by atoms with Gasteiger partial charge in [-0.1, -0.05) is 30.3 Å². The molecule has 2 rings (SSSR count). The summed E-state index contributed by atoms with van der Waals surface area (Å²) in [6, 6.07) is 9.88. The molecule has 8 nitrogen and oxygen atoms in total. The number of carbonyl (C=O) groups is 1. The Kier molecular flexibility index (Phi) is 6.02. The molecule has 0 aliphatic carbocycles. The summed E-state index contributed by atoms with van der Waals surface area (Å²) in [4.78, 5) is 28.2. The van der Waals surface area contributed by atoms with Crippen LogP contribution in [-0.4, -0.2) is 44.9 Å². The van der Waals surface area contributed by atoms with Gasteiger partial charge in [-0.2, -0.15) is 0 Å². The van der Waals surface area contributed by atoms with E-state index in [0.29, 0.717) is 25.5 Å². The standard InChI is InChI=1S/C16H21N5O3/c1-13-18-15(21(23)24)11-20(13)12-16(22)19(10-8-17)9-7-14-5-3-2-4-6-14/h2-6,11H,7-10,12,17H2,1H3. The molecule has 0 unspecified atom stereocenters. The lowest BCUT2D eigenvalue weighted by atomic mass is 10.1. The zero-order valence-corrected chi connectivity index (χ0v) is 13.6. The average Bonchev–Trinajstić information content (AvgIpc) is 2.93. The van der Waals surface area contributed by atoms with E-state index in [1.54, 1.807) is 11.8 Å². The van der Waals surface area contributed by atoms with Gasteiger partial charge in [-0.25, -0.2) is 0 Å². The number of aryl methyl sites for hydroxylation is 1. The minimum absolute atomic E-state index is 0.0153. The molecule has 0 fully saturated rings.